The molecule has 7 rings (SSSR count). The maximum absolute atomic E-state index is 16.5. The molecule has 25 heteroatoms. The van der Waals surface area contributed by atoms with E-state index in [1.165, 1.54) is 35.2 Å². The molecule has 0 spiro atoms. The molecular weight excluding hydrogens is 794 g/mol. The van der Waals surface area contributed by atoms with Crippen molar-refractivity contribution in [1.82, 2.24) is 29.1 Å². The van der Waals surface area contributed by atoms with Crippen LogP contribution in [0.4, 0.5) is 19.4 Å². The summed E-state index contributed by atoms with van der Waals surface area (Å²) in [7, 11) is -4.79. The molecule has 3 aliphatic heterocycles. The van der Waals surface area contributed by atoms with E-state index in [-0.39, 0.29) is 28.5 Å². The summed E-state index contributed by atoms with van der Waals surface area (Å²) in [6.45, 7) is -6.19. The molecule has 0 amide bonds. The standard InChI is InChI=1S/C28H28ClF2N7O12P2S/c29-27(40)47-14-3-1-13(2-4-14)10-53-52(44)46-7-16-19(30)15(25(48-16)37-6-5-18(39)36-28(37)41)9-51(42,43)45-8-17-22(50-52)20(31)26(49-17)38-12-35-21-23(32)33-11-34-24(21)38/h1-6,11-12,15-17,19-20,22,25-26H,7-10H2,(H,42,43)(H2,32,33,34)(H,36,39,41)/t15-,16-,17-,19+,20-,22-,25-,26-,52?/m1/s1. The van der Waals surface area contributed by atoms with Crippen LogP contribution in [-0.2, 0) is 37.9 Å². The van der Waals surface area contributed by atoms with Crippen LogP contribution in [0.5, 0.6) is 5.75 Å². The molecule has 19 nitrogen and oxygen atoms in total. The van der Waals surface area contributed by atoms with Crippen molar-refractivity contribution in [2.24, 2.45) is 5.92 Å². The van der Waals surface area contributed by atoms with Crippen LogP contribution < -0.4 is 21.7 Å². The van der Waals surface area contributed by atoms with E-state index in [2.05, 4.69) is 15.0 Å². The molecule has 53 heavy (non-hydrogen) atoms. The third kappa shape index (κ3) is 7.98. The average Bonchev–Trinajstić information content (AvgIpc) is 3.76. The van der Waals surface area contributed by atoms with Gasteiger partial charge < -0.3 is 29.4 Å². The van der Waals surface area contributed by atoms with Gasteiger partial charge in [0.05, 0.1) is 25.7 Å². The second kappa shape index (κ2) is 14.9. The highest BCUT2D eigenvalue weighted by Gasteiger charge is 2.54. The maximum atomic E-state index is 16.5. The number of aromatic nitrogens is 6. The first-order chi connectivity index (χ1) is 25.2. The summed E-state index contributed by atoms with van der Waals surface area (Å²) >= 11 is 5.86. The number of carbonyl (C=O) groups excluding carboxylic acids is 1. The number of nitrogen functional groups attached to an aromatic ring is 1. The first-order valence-corrected chi connectivity index (χ1v) is 20.8. The number of nitrogens with one attached hydrogen (secondary N) is 1. The molecule has 10 atom stereocenters. The lowest BCUT2D eigenvalue weighted by Crippen LogP contribution is -2.36. The van der Waals surface area contributed by atoms with Crippen LogP contribution in [0.2, 0.25) is 0 Å². The molecular formula is C28H28ClF2N7O12P2S. The molecule has 4 N–H and O–H groups in total. The van der Waals surface area contributed by atoms with Crippen molar-refractivity contribution in [3.8, 4) is 5.75 Å². The molecule has 6 heterocycles. The van der Waals surface area contributed by atoms with Gasteiger partial charge in [0.25, 0.3) is 5.56 Å². The smallest absolute Gasteiger partial charge is 0.409 e. The van der Waals surface area contributed by atoms with Gasteiger partial charge in [-0.2, -0.15) is 0 Å². The van der Waals surface area contributed by atoms with Crippen molar-refractivity contribution in [2.75, 3.05) is 25.1 Å². The summed E-state index contributed by atoms with van der Waals surface area (Å²) in [6, 6.07) is 6.84. The lowest BCUT2D eigenvalue weighted by atomic mass is 10.0. The molecule has 3 aliphatic rings. The first-order valence-electron chi connectivity index (χ1n) is 15.5. The van der Waals surface area contributed by atoms with E-state index in [0.717, 1.165) is 23.2 Å². The maximum Gasteiger partial charge on any atom is 0.409 e. The summed E-state index contributed by atoms with van der Waals surface area (Å²) in [5.74, 6) is -1.51. The molecule has 3 saturated heterocycles. The fourth-order valence-electron chi connectivity index (χ4n) is 6.06. The number of imidazole rings is 1. The summed E-state index contributed by atoms with van der Waals surface area (Å²) in [4.78, 5) is 60.5. The minimum Gasteiger partial charge on any atom is -0.415 e. The Hall–Kier alpha value is -3.56. The van der Waals surface area contributed by atoms with Crippen LogP contribution in [0.25, 0.3) is 11.2 Å². The van der Waals surface area contributed by atoms with Crippen LogP contribution in [0, 0.1) is 5.92 Å². The zero-order valence-corrected chi connectivity index (χ0v) is 30.1. The normalized spacial score (nSPS) is 33.4. The fraction of sp³-hybridized carbons (Fsp3) is 0.429. The van der Waals surface area contributed by atoms with E-state index in [4.69, 9.17) is 45.1 Å². The minimum absolute atomic E-state index is 0.000822. The van der Waals surface area contributed by atoms with Gasteiger partial charge in [-0.15, -0.1) is 0 Å². The van der Waals surface area contributed by atoms with Gasteiger partial charge in [0, 0.05) is 35.5 Å². The van der Waals surface area contributed by atoms with Crippen molar-refractivity contribution in [3.63, 3.8) is 0 Å². The van der Waals surface area contributed by atoms with Crippen molar-refractivity contribution in [3.05, 3.63) is 75.6 Å². The Bertz CT molecular complexity index is 2230. The van der Waals surface area contributed by atoms with Crippen molar-refractivity contribution >= 4 is 59.8 Å². The van der Waals surface area contributed by atoms with Crippen LogP contribution in [0.3, 0.4) is 0 Å². The molecule has 2 unspecified atom stereocenters. The van der Waals surface area contributed by atoms with E-state index < -0.39 is 99.5 Å². The minimum atomic E-state index is -4.79. The van der Waals surface area contributed by atoms with E-state index in [1.807, 2.05) is 4.98 Å². The van der Waals surface area contributed by atoms with Gasteiger partial charge >= 0.3 is 25.5 Å². The lowest BCUT2D eigenvalue weighted by molar-refractivity contribution is -0.0480. The van der Waals surface area contributed by atoms with Gasteiger partial charge in [-0.1, -0.05) is 12.1 Å². The number of alkyl halides is 2. The zero-order chi connectivity index (χ0) is 37.7. The number of halogens is 3. The number of anilines is 1. The number of nitrogens with zero attached hydrogens (tertiary/aromatic N) is 5. The monoisotopic (exact) mass is 821 g/mol. The van der Waals surface area contributed by atoms with E-state index in [9.17, 15) is 28.4 Å². The number of carbonyl (C=O) groups is 1. The summed E-state index contributed by atoms with van der Waals surface area (Å²) in [5.41, 5.74) is 3.80. The zero-order valence-electron chi connectivity index (χ0n) is 26.8. The number of nitrogens with two attached hydrogens (primary N) is 1. The largest absolute Gasteiger partial charge is 0.415 e. The van der Waals surface area contributed by atoms with Gasteiger partial charge in [0.2, 0.25) is 0 Å². The van der Waals surface area contributed by atoms with E-state index in [1.54, 1.807) is 0 Å². The lowest BCUT2D eigenvalue weighted by Gasteiger charge is -2.27. The Morgan fingerprint density at radius 2 is 1.77 bits per heavy atom. The Kier molecular flexibility index (Phi) is 10.6. The first kappa shape index (κ1) is 37.7. The second-order valence-corrected chi connectivity index (χ2v) is 18.2. The molecule has 0 aliphatic carbocycles. The molecule has 4 aromatic rings. The van der Waals surface area contributed by atoms with Crippen molar-refractivity contribution in [1.29, 1.82) is 0 Å². The number of rotatable bonds is 6. The van der Waals surface area contributed by atoms with Gasteiger partial charge in [-0.3, -0.25) is 32.5 Å². The predicted molar refractivity (Wildman–Crippen MR) is 181 cm³/mol. The van der Waals surface area contributed by atoms with Gasteiger partial charge in [0.15, 0.2) is 23.9 Å². The number of aromatic amines is 1. The Labute approximate surface area is 304 Å². The molecule has 1 aromatic carbocycles. The van der Waals surface area contributed by atoms with Gasteiger partial charge in [-0.05, 0) is 29.1 Å². The average molecular weight is 822 g/mol. The highest BCUT2D eigenvalue weighted by Crippen LogP contribution is 2.65. The highest BCUT2D eigenvalue weighted by molar-refractivity contribution is 8.54. The van der Waals surface area contributed by atoms with Crippen molar-refractivity contribution in [2.45, 2.75) is 48.9 Å². The van der Waals surface area contributed by atoms with Crippen molar-refractivity contribution < 1.29 is 55.4 Å². The third-order valence-corrected chi connectivity index (χ3v) is 13.7. The van der Waals surface area contributed by atoms with E-state index >= 15 is 8.78 Å². The fourth-order valence-corrected chi connectivity index (χ4v) is 10.9. The molecule has 284 valence electrons. The van der Waals surface area contributed by atoms with Gasteiger partial charge in [0.1, 0.15) is 48.3 Å². The number of hydrogen-bond acceptors (Lipinski definition) is 16. The number of benzene rings is 1. The Morgan fingerprint density at radius 3 is 2.51 bits per heavy atom. The number of hydrogen-bond donors (Lipinski definition) is 3. The molecule has 2 bridgehead atoms. The Balaban J connectivity index is 1.22. The van der Waals surface area contributed by atoms with Crippen LogP contribution in [0.15, 0.2) is 58.8 Å². The van der Waals surface area contributed by atoms with Crippen LogP contribution in [-0.4, -0.2) is 89.4 Å². The van der Waals surface area contributed by atoms with Gasteiger partial charge in [-0.25, -0.2) is 37.9 Å². The van der Waals surface area contributed by atoms with E-state index in [0.29, 0.717) is 16.9 Å². The third-order valence-electron chi connectivity index (χ3n) is 8.54. The summed E-state index contributed by atoms with van der Waals surface area (Å²) in [5, 5.41) is 0. The molecule has 0 saturated carbocycles. The SMILES string of the molecule is Nc1ncnc2c1ncn2[C@@H]1O[C@@H]2COP(=O)(O)C[C@@H]3[C@H](F)[C@@H](COP(=O)(SCc4ccc(OC(=O)Cl)cc4)O[C@H]2[C@H]1F)O[C@H]3n1ccc(=O)[nH]c1=O. The van der Waals surface area contributed by atoms with Crippen LogP contribution >= 0.6 is 37.4 Å². The molecule has 3 aromatic heterocycles. The highest BCUT2D eigenvalue weighted by atomic mass is 35.5. The molecule has 0 radical (unpaired) electrons. The number of ether oxygens (including phenoxy) is 3. The number of H-pyrrole nitrogens is 1. The van der Waals surface area contributed by atoms with Crippen LogP contribution in [0.1, 0.15) is 18.0 Å². The summed E-state index contributed by atoms with van der Waals surface area (Å²) < 4.78 is 96.3. The quantitative estimate of drug-likeness (QED) is 0.186. The predicted octanol–water partition coefficient (Wildman–Crippen LogP) is 3.44. The molecule has 3 fully saturated rings. The Morgan fingerprint density at radius 1 is 1.04 bits per heavy atom. The number of fused-ring (bicyclic) bond motifs is 4. The second-order valence-electron chi connectivity index (χ2n) is 12.0. The summed E-state index contributed by atoms with van der Waals surface area (Å²) in [6.07, 6.45) is -9.78. The topological polar surface area (TPSA) is 251 Å².